The second-order valence-corrected chi connectivity index (χ2v) is 4.31. The lowest BCUT2D eigenvalue weighted by molar-refractivity contribution is -0.384. The summed E-state index contributed by atoms with van der Waals surface area (Å²) in [5.41, 5.74) is 0.215. The van der Waals surface area contributed by atoms with Crippen molar-refractivity contribution in [1.82, 2.24) is 4.98 Å². The van der Waals surface area contributed by atoms with Crippen LogP contribution in [0.2, 0.25) is 5.15 Å². The summed E-state index contributed by atoms with van der Waals surface area (Å²) < 4.78 is 0. The molecule has 0 aliphatic rings. The van der Waals surface area contributed by atoms with Crippen LogP contribution in [0.1, 0.15) is 15.9 Å². The maximum atomic E-state index is 12.0. The Bertz CT molecular complexity index is 770. The Balaban J connectivity index is 2.29. The van der Waals surface area contributed by atoms with Crippen LogP contribution in [0.3, 0.4) is 0 Å². The van der Waals surface area contributed by atoms with Gasteiger partial charge in [-0.3, -0.25) is 14.9 Å². The fourth-order valence-corrected chi connectivity index (χ4v) is 1.76. The van der Waals surface area contributed by atoms with Crippen LogP contribution in [0, 0.1) is 21.4 Å². The van der Waals surface area contributed by atoms with E-state index in [4.69, 9.17) is 16.9 Å². The molecule has 1 amide bonds. The van der Waals surface area contributed by atoms with Gasteiger partial charge in [-0.05, 0) is 18.2 Å². The number of nitro benzene ring substituents is 1. The summed E-state index contributed by atoms with van der Waals surface area (Å²) in [6.45, 7) is 0. The Kier molecular flexibility index (Phi) is 4.11. The van der Waals surface area contributed by atoms with E-state index >= 15 is 0 Å². The smallest absolute Gasteiger partial charge is 0.270 e. The van der Waals surface area contributed by atoms with Gasteiger partial charge < -0.3 is 5.32 Å². The van der Waals surface area contributed by atoms with Gasteiger partial charge in [-0.1, -0.05) is 11.6 Å². The fraction of sp³-hybridized carbons (Fsp3) is 0. The van der Waals surface area contributed by atoms with E-state index in [2.05, 4.69) is 10.3 Å². The van der Waals surface area contributed by atoms with E-state index in [1.807, 2.05) is 0 Å². The minimum Gasteiger partial charge on any atom is -0.321 e. The average Bonchev–Trinajstić information content (AvgIpc) is 2.47. The molecule has 0 fully saturated rings. The summed E-state index contributed by atoms with van der Waals surface area (Å²) in [7, 11) is 0. The number of rotatable bonds is 3. The first kappa shape index (κ1) is 14.4. The Hall–Kier alpha value is -2.98. The highest BCUT2D eigenvalue weighted by molar-refractivity contribution is 6.29. The molecule has 0 saturated carbocycles. The van der Waals surface area contributed by atoms with Gasteiger partial charge in [0.25, 0.3) is 11.6 Å². The first-order valence-electron chi connectivity index (χ1n) is 5.62. The van der Waals surface area contributed by atoms with Crippen molar-refractivity contribution in [3.63, 3.8) is 0 Å². The minimum absolute atomic E-state index is 0.00213. The molecule has 1 heterocycles. The lowest BCUT2D eigenvalue weighted by Gasteiger charge is -2.07. The van der Waals surface area contributed by atoms with Crippen LogP contribution in [0.15, 0.2) is 36.5 Å². The molecule has 0 bridgehead atoms. The van der Waals surface area contributed by atoms with Gasteiger partial charge in [0.1, 0.15) is 11.2 Å². The molecule has 2 rings (SSSR count). The van der Waals surface area contributed by atoms with Crippen molar-refractivity contribution in [2.24, 2.45) is 0 Å². The minimum atomic E-state index is -0.616. The number of nitriles is 1. The quantitative estimate of drug-likeness (QED) is 0.532. The number of halogens is 1. The molecule has 0 spiro atoms. The summed E-state index contributed by atoms with van der Waals surface area (Å²) in [4.78, 5) is 25.8. The number of aromatic nitrogens is 1. The topological polar surface area (TPSA) is 109 Å². The van der Waals surface area contributed by atoms with Crippen molar-refractivity contribution in [1.29, 1.82) is 5.26 Å². The van der Waals surface area contributed by atoms with E-state index in [0.717, 1.165) is 6.07 Å². The number of carbonyl (C=O) groups is 1. The standard InChI is InChI=1S/C13H7ClN4O3/c14-12-6-8(3-4-16-12)13(19)17-11-2-1-10(18(20)21)5-9(11)7-15/h1-6H,(H,17,19). The summed E-state index contributed by atoms with van der Waals surface area (Å²) in [6.07, 6.45) is 1.37. The SMILES string of the molecule is N#Cc1cc([N+](=O)[O-])ccc1NC(=O)c1ccnc(Cl)c1. The molecule has 7 nitrogen and oxygen atoms in total. The number of carbonyl (C=O) groups excluding carboxylic acids is 1. The van der Waals surface area contributed by atoms with Crippen LogP contribution in [-0.4, -0.2) is 15.8 Å². The molecule has 0 saturated heterocycles. The normalized spacial score (nSPS) is 9.71. The van der Waals surface area contributed by atoms with Gasteiger partial charge in [0.05, 0.1) is 16.2 Å². The summed E-state index contributed by atoms with van der Waals surface area (Å²) in [5.74, 6) is -0.496. The highest BCUT2D eigenvalue weighted by Crippen LogP contribution is 2.22. The van der Waals surface area contributed by atoms with Crippen molar-refractivity contribution < 1.29 is 9.72 Å². The van der Waals surface area contributed by atoms with Crippen LogP contribution < -0.4 is 5.32 Å². The van der Waals surface area contributed by atoms with Crippen molar-refractivity contribution in [3.05, 3.63) is 62.9 Å². The number of non-ortho nitro benzene ring substituents is 1. The molecule has 0 unspecified atom stereocenters. The molecule has 2 aromatic rings. The molecule has 1 N–H and O–H groups in total. The predicted octanol–water partition coefficient (Wildman–Crippen LogP) is 2.77. The zero-order chi connectivity index (χ0) is 15.4. The van der Waals surface area contributed by atoms with Crippen LogP contribution >= 0.6 is 11.6 Å². The van der Waals surface area contributed by atoms with Gasteiger partial charge >= 0.3 is 0 Å². The van der Waals surface area contributed by atoms with Gasteiger partial charge in [0, 0.05) is 23.9 Å². The number of pyridine rings is 1. The molecule has 0 aliphatic heterocycles. The van der Waals surface area contributed by atoms with Gasteiger partial charge in [0.2, 0.25) is 0 Å². The van der Waals surface area contributed by atoms with Gasteiger partial charge in [-0.2, -0.15) is 5.26 Å². The van der Waals surface area contributed by atoms with Gasteiger partial charge in [-0.25, -0.2) is 4.98 Å². The van der Waals surface area contributed by atoms with Gasteiger partial charge in [0.15, 0.2) is 0 Å². The highest BCUT2D eigenvalue weighted by Gasteiger charge is 2.13. The number of nitrogens with one attached hydrogen (secondary N) is 1. The maximum Gasteiger partial charge on any atom is 0.270 e. The lowest BCUT2D eigenvalue weighted by atomic mass is 10.1. The van der Waals surface area contributed by atoms with E-state index in [0.29, 0.717) is 0 Å². The second kappa shape index (κ2) is 5.98. The summed E-state index contributed by atoms with van der Waals surface area (Å²) in [6, 6.07) is 8.23. The Morgan fingerprint density at radius 2 is 2.14 bits per heavy atom. The molecular weight excluding hydrogens is 296 g/mol. The molecule has 8 heteroatoms. The third kappa shape index (κ3) is 3.32. The van der Waals surface area contributed by atoms with E-state index in [-0.39, 0.29) is 27.7 Å². The van der Waals surface area contributed by atoms with E-state index < -0.39 is 10.8 Å². The van der Waals surface area contributed by atoms with Crippen molar-refractivity contribution in [2.45, 2.75) is 0 Å². The highest BCUT2D eigenvalue weighted by atomic mass is 35.5. The average molecular weight is 303 g/mol. The number of hydrogen-bond acceptors (Lipinski definition) is 5. The zero-order valence-corrected chi connectivity index (χ0v) is 11.2. The lowest BCUT2D eigenvalue weighted by Crippen LogP contribution is -2.13. The van der Waals surface area contributed by atoms with Crippen LogP contribution in [0.25, 0.3) is 0 Å². The predicted molar refractivity (Wildman–Crippen MR) is 75.0 cm³/mol. The number of nitro groups is 1. The number of hydrogen-bond donors (Lipinski definition) is 1. The first-order chi connectivity index (χ1) is 10.0. The maximum absolute atomic E-state index is 12.0. The van der Waals surface area contributed by atoms with Crippen molar-refractivity contribution >= 4 is 28.9 Å². The number of amides is 1. The molecule has 0 aliphatic carbocycles. The molecule has 1 aromatic heterocycles. The van der Waals surface area contributed by atoms with Crippen LogP contribution in [0.5, 0.6) is 0 Å². The summed E-state index contributed by atoms with van der Waals surface area (Å²) in [5, 5.41) is 22.3. The van der Waals surface area contributed by atoms with E-state index in [1.54, 1.807) is 6.07 Å². The molecule has 1 aromatic carbocycles. The molecule has 0 radical (unpaired) electrons. The van der Waals surface area contributed by atoms with E-state index in [9.17, 15) is 14.9 Å². The third-order valence-electron chi connectivity index (χ3n) is 2.57. The molecule has 21 heavy (non-hydrogen) atoms. The summed E-state index contributed by atoms with van der Waals surface area (Å²) >= 11 is 5.69. The Morgan fingerprint density at radius 1 is 1.38 bits per heavy atom. The first-order valence-corrected chi connectivity index (χ1v) is 6.00. The Morgan fingerprint density at radius 3 is 2.76 bits per heavy atom. The van der Waals surface area contributed by atoms with Gasteiger partial charge in [-0.15, -0.1) is 0 Å². The molecule has 0 atom stereocenters. The van der Waals surface area contributed by atoms with E-state index in [1.165, 1.54) is 30.5 Å². The molecular formula is C13H7ClN4O3. The van der Waals surface area contributed by atoms with Crippen LogP contribution in [-0.2, 0) is 0 Å². The number of anilines is 1. The zero-order valence-electron chi connectivity index (χ0n) is 10.4. The van der Waals surface area contributed by atoms with Crippen LogP contribution in [0.4, 0.5) is 11.4 Å². The van der Waals surface area contributed by atoms with Crippen molar-refractivity contribution in [3.8, 4) is 6.07 Å². The monoisotopic (exact) mass is 302 g/mol. The van der Waals surface area contributed by atoms with Crippen molar-refractivity contribution in [2.75, 3.05) is 5.32 Å². The third-order valence-corrected chi connectivity index (χ3v) is 2.78. The second-order valence-electron chi connectivity index (χ2n) is 3.92. The molecule has 104 valence electrons. The largest absolute Gasteiger partial charge is 0.321 e. The fourth-order valence-electron chi connectivity index (χ4n) is 1.59. The number of benzene rings is 1. The number of nitrogens with zero attached hydrogens (tertiary/aromatic N) is 3. The Labute approximate surface area is 123 Å².